The van der Waals surface area contributed by atoms with E-state index < -0.39 is 18.9 Å². The highest BCUT2D eigenvalue weighted by Gasteiger charge is 2.21. The Kier molecular flexibility index (Phi) is 5.07. The number of aryl methyl sites for hydroxylation is 1. The molecule has 134 valence electrons. The number of aromatic nitrogens is 4. The van der Waals surface area contributed by atoms with Crippen LogP contribution in [-0.4, -0.2) is 32.7 Å². The Hall–Kier alpha value is -3.49. The van der Waals surface area contributed by atoms with E-state index in [1.54, 1.807) is 49.5 Å². The molecule has 26 heavy (non-hydrogen) atoms. The van der Waals surface area contributed by atoms with Crippen molar-refractivity contribution in [3.63, 3.8) is 0 Å². The second-order valence-corrected chi connectivity index (χ2v) is 5.47. The maximum absolute atomic E-state index is 13.3. The van der Waals surface area contributed by atoms with E-state index in [2.05, 4.69) is 20.6 Å². The van der Waals surface area contributed by atoms with E-state index in [0.717, 1.165) is 0 Å². The first-order valence-electron chi connectivity index (χ1n) is 7.78. The number of ether oxygens (including phenoxy) is 1. The second-order valence-electron chi connectivity index (χ2n) is 5.47. The zero-order valence-corrected chi connectivity index (χ0v) is 14.0. The number of amides is 1. The van der Waals surface area contributed by atoms with Gasteiger partial charge in [-0.05, 0) is 17.7 Å². The number of carbonyl (C=O) groups excluding carboxylic acids is 1. The molecule has 0 unspecified atom stereocenters. The SMILES string of the molecule is Cn1nnc(-c2ccc(N)cn2)c1NC(=O)O[C@H](CF)c1ccccc1. The van der Waals surface area contributed by atoms with Crippen molar-refractivity contribution in [2.24, 2.45) is 7.05 Å². The lowest BCUT2D eigenvalue weighted by atomic mass is 10.1. The molecular formula is C17H17FN6O2. The monoisotopic (exact) mass is 356 g/mol. The fraction of sp³-hybridized carbons (Fsp3) is 0.176. The van der Waals surface area contributed by atoms with Crippen molar-refractivity contribution in [3.8, 4) is 11.4 Å². The number of benzene rings is 1. The summed E-state index contributed by atoms with van der Waals surface area (Å²) < 4.78 is 19.8. The molecule has 2 aromatic heterocycles. The van der Waals surface area contributed by atoms with E-state index in [-0.39, 0.29) is 5.82 Å². The Morgan fingerprint density at radius 2 is 2.08 bits per heavy atom. The molecule has 0 radical (unpaired) electrons. The van der Waals surface area contributed by atoms with Gasteiger partial charge in [0.1, 0.15) is 6.67 Å². The number of hydrogen-bond donors (Lipinski definition) is 2. The zero-order valence-electron chi connectivity index (χ0n) is 14.0. The number of hydrogen-bond acceptors (Lipinski definition) is 6. The fourth-order valence-electron chi connectivity index (χ4n) is 2.33. The Morgan fingerprint density at radius 1 is 1.31 bits per heavy atom. The third kappa shape index (κ3) is 3.77. The Balaban J connectivity index is 1.77. The highest BCUT2D eigenvalue weighted by molar-refractivity contribution is 5.88. The number of nitrogens with two attached hydrogens (primary N) is 1. The molecule has 9 heteroatoms. The molecule has 0 spiro atoms. The van der Waals surface area contributed by atoms with E-state index >= 15 is 0 Å². The Morgan fingerprint density at radius 3 is 2.73 bits per heavy atom. The summed E-state index contributed by atoms with van der Waals surface area (Å²) in [5.41, 5.74) is 7.52. The van der Waals surface area contributed by atoms with Crippen LogP contribution < -0.4 is 11.1 Å². The highest BCUT2D eigenvalue weighted by atomic mass is 19.1. The largest absolute Gasteiger partial charge is 0.438 e. The fourth-order valence-corrected chi connectivity index (χ4v) is 2.33. The van der Waals surface area contributed by atoms with Crippen molar-refractivity contribution in [3.05, 3.63) is 54.2 Å². The van der Waals surface area contributed by atoms with Gasteiger partial charge in [0.25, 0.3) is 0 Å². The van der Waals surface area contributed by atoms with Crippen LogP contribution in [0.5, 0.6) is 0 Å². The minimum absolute atomic E-state index is 0.276. The molecule has 0 aliphatic heterocycles. The predicted molar refractivity (Wildman–Crippen MR) is 93.9 cm³/mol. The molecule has 1 amide bonds. The van der Waals surface area contributed by atoms with Crippen LogP contribution in [-0.2, 0) is 11.8 Å². The molecule has 0 aliphatic carbocycles. The maximum atomic E-state index is 13.3. The van der Waals surface area contributed by atoms with E-state index in [4.69, 9.17) is 10.5 Å². The number of anilines is 2. The number of nitrogens with one attached hydrogen (secondary N) is 1. The summed E-state index contributed by atoms with van der Waals surface area (Å²) in [5.74, 6) is 0.276. The van der Waals surface area contributed by atoms with E-state index in [1.807, 2.05) is 0 Å². The van der Waals surface area contributed by atoms with Crippen molar-refractivity contribution in [2.45, 2.75) is 6.10 Å². The molecular weight excluding hydrogens is 339 g/mol. The molecule has 1 atom stereocenters. The molecule has 3 N–H and O–H groups in total. The van der Waals surface area contributed by atoms with Crippen LogP contribution in [0.2, 0.25) is 0 Å². The van der Waals surface area contributed by atoms with Crippen LogP contribution in [0.1, 0.15) is 11.7 Å². The van der Waals surface area contributed by atoms with E-state index in [9.17, 15) is 9.18 Å². The van der Waals surface area contributed by atoms with E-state index in [1.165, 1.54) is 10.9 Å². The summed E-state index contributed by atoms with van der Waals surface area (Å²) in [6.07, 6.45) is -0.352. The van der Waals surface area contributed by atoms with Gasteiger partial charge >= 0.3 is 6.09 Å². The normalized spacial score (nSPS) is 11.8. The molecule has 8 nitrogen and oxygen atoms in total. The third-order valence-electron chi connectivity index (χ3n) is 3.64. The van der Waals surface area contributed by atoms with Gasteiger partial charge in [0, 0.05) is 7.05 Å². The van der Waals surface area contributed by atoms with Crippen LogP contribution in [0.3, 0.4) is 0 Å². The third-order valence-corrected chi connectivity index (χ3v) is 3.64. The van der Waals surface area contributed by atoms with Crippen LogP contribution in [0.15, 0.2) is 48.7 Å². The summed E-state index contributed by atoms with van der Waals surface area (Å²) in [5, 5.41) is 10.4. The average Bonchev–Trinajstić information content (AvgIpc) is 3.01. The molecule has 0 aliphatic rings. The quantitative estimate of drug-likeness (QED) is 0.728. The average molecular weight is 356 g/mol. The maximum Gasteiger partial charge on any atom is 0.413 e. The molecule has 0 bridgehead atoms. The van der Waals surface area contributed by atoms with Gasteiger partial charge in [-0.2, -0.15) is 0 Å². The Labute approximate surface area is 148 Å². The van der Waals surface area contributed by atoms with Crippen molar-refractivity contribution in [2.75, 3.05) is 17.7 Å². The molecule has 1 aromatic carbocycles. The smallest absolute Gasteiger partial charge is 0.413 e. The topological polar surface area (TPSA) is 108 Å². The number of pyridine rings is 1. The summed E-state index contributed by atoms with van der Waals surface area (Å²) in [4.78, 5) is 16.4. The number of carbonyl (C=O) groups is 1. The number of nitrogens with zero attached hydrogens (tertiary/aromatic N) is 4. The van der Waals surface area contributed by atoms with Gasteiger partial charge in [-0.1, -0.05) is 35.5 Å². The molecule has 3 rings (SSSR count). The van der Waals surface area contributed by atoms with Gasteiger partial charge in [-0.25, -0.2) is 13.9 Å². The molecule has 0 saturated carbocycles. The number of alkyl halides is 1. The van der Waals surface area contributed by atoms with Crippen molar-refractivity contribution >= 4 is 17.6 Å². The first-order chi connectivity index (χ1) is 12.6. The standard InChI is InChI=1S/C17H17FN6O2/c1-24-16(15(22-23-24)13-8-7-12(19)10-20-13)21-17(25)26-14(9-18)11-5-3-2-4-6-11/h2-8,10,14H,9,19H2,1H3,(H,21,25)/t14-/m1/s1. The van der Waals surface area contributed by atoms with Gasteiger partial charge in [0.05, 0.1) is 17.6 Å². The predicted octanol–water partition coefficient (Wildman–Crippen LogP) is 2.72. The minimum Gasteiger partial charge on any atom is -0.438 e. The highest BCUT2D eigenvalue weighted by Crippen LogP contribution is 2.25. The minimum atomic E-state index is -1.00. The summed E-state index contributed by atoms with van der Waals surface area (Å²) in [7, 11) is 1.60. The number of rotatable bonds is 5. The van der Waals surface area contributed by atoms with E-state index in [0.29, 0.717) is 22.6 Å². The second kappa shape index (κ2) is 7.60. The summed E-state index contributed by atoms with van der Waals surface area (Å²) >= 11 is 0. The van der Waals surface area contributed by atoms with Gasteiger partial charge in [0.2, 0.25) is 0 Å². The summed E-state index contributed by atoms with van der Waals surface area (Å²) in [6, 6.07) is 12.0. The summed E-state index contributed by atoms with van der Waals surface area (Å²) in [6.45, 7) is -0.840. The van der Waals surface area contributed by atoms with Gasteiger partial charge in [0.15, 0.2) is 17.6 Å². The lowest BCUT2D eigenvalue weighted by molar-refractivity contribution is 0.0928. The molecule has 3 aromatic rings. The number of halogens is 1. The van der Waals surface area contributed by atoms with Crippen molar-refractivity contribution in [1.82, 2.24) is 20.0 Å². The van der Waals surface area contributed by atoms with Crippen LogP contribution >= 0.6 is 0 Å². The van der Waals surface area contributed by atoms with Gasteiger partial charge in [-0.3, -0.25) is 10.3 Å². The molecule has 0 saturated heterocycles. The van der Waals surface area contributed by atoms with Gasteiger partial charge < -0.3 is 10.5 Å². The zero-order chi connectivity index (χ0) is 18.5. The first-order valence-corrected chi connectivity index (χ1v) is 7.78. The van der Waals surface area contributed by atoms with Crippen LogP contribution in [0, 0.1) is 0 Å². The first kappa shape index (κ1) is 17.3. The molecule has 0 fully saturated rings. The Bertz CT molecular complexity index is 882. The van der Waals surface area contributed by atoms with Gasteiger partial charge in [-0.15, -0.1) is 5.10 Å². The lowest BCUT2D eigenvalue weighted by Crippen LogP contribution is -2.20. The van der Waals surface area contributed by atoms with Crippen molar-refractivity contribution < 1.29 is 13.9 Å². The van der Waals surface area contributed by atoms with Crippen LogP contribution in [0.4, 0.5) is 20.7 Å². The van der Waals surface area contributed by atoms with Crippen LogP contribution in [0.25, 0.3) is 11.4 Å². The number of nitrogen functional groups attached to an aromatic ring is 1. The van der Waals surface area contributed by atoms with Crippen molar-refractivity contribution in [1.29, 1.82) is 0 Å². The lowest BCUT2D eigenvalue weighted by Gasteiger charge is -2.15. The molecule has 2 heterocycles.